The van der Waals surface area contributed by atoms with E-state index in [4.69, 9.17) is 4.74 Å². The van der Waals surface area contributed by atoms with Gasteiger partial charge in [0, 0.05) is 0 Å². The van der Waals surface area contributed by atoms with Crippen molar-refractivity contribution in [3.8, 4) is 0 Å². The molecule has 0 rings (SSSR count). The molecule has 0 aromatic heterocycles. The van der Waals surface area contributed by atoms with E-state index in [0.29, 0.717) is 6.61 Å². The first-order valence-electron chi connectivity index (χ1n) is 3.85. The van der Waals surface area contributed by atoms with Crippen molar-refractivity contribution in [2.45, 2.75) is 26.3 Å². The Labute approximate surface area is 67.3 Å². The van der Waals surface area contributed by atoms with Gasteiger partial charge in [0.1, 0.15) is 6.04 Å². The molecule has 2 N–H and O–H groups in total. The summed E-state index contributed by atoms with van der Waals surface area (Å²) in [4.78, 5) is 11.0. The van der Waals surface area contributed by atoms with Gasteiger partial charge in [-0.2, -0.15) is 0 Å². The summed E-state index contributed by atoms with van der Waals surface area (Å²) in [5.74, 6) is -0.204. The third-order valence-electron chi connectivity index (χ3n) is 1.30. The van der Waals surface area contributed by atoms with E-state index in [0.717, 1.165) is 6.42 Å². The zero-order valence-corrected chi connectivity index (χ0v) is 7.31. The van der Waals surface area contributed by atoms with Crippen LogP contribution in [0.4, 0.5) is 0 Å². The van der Waals surface area contributed by atoms with Gasteiger partial charge in [-0.3, -0.25) is 10.2 Å². The van der Waals surface area contributed by atoms with Crippen molar-refractivity contribution in [1.82, 2.24) is 10.9 Å². The highest BCUT2D eigenvalue weighted by Gasteiger charge is 2.15. The quantitative estimate of drug-likeness (QED) is 0.441. The molecule has 0 saturated heterocycles. The molecule has 11 heavy (non-hydrogen) atoms. The molecule has 0 aliphatic heterocycles. The van der Waals surface area contributed by atoms with Gasteiger partial charge >= 0.3 is 5.97 Å². The molecule has 1 atom stereocenters. The van der Waals surface area contributed by atoms with Crippen LogP contribution in [0.15, 0.2) is 0 Å². The molecule has 4 nitrogen and oxygen atoms in total. The molecule has 66 valence electrons. The second kappa shape index (κ2) is 6.12. The van der Waals surface area contributed by atoms with E-state index < -0.39 is 0 Å². The van der Waals surface area contributed by atoms with Crippen molar-refractivity contribution in [3.63, 3.8) is 0 Å². The minimum Gasteiger partial charge on any atom is -0.465 e. The summed E-state index contributed by atoms with van der Waals surface area (Å²) in [6.45, 7) is 4.15. The number of carbonyl (C=O) groups is 1. The van der Waals surface area contributed by atoms with Crippen LogP contribution in [0.5, 0.6) is 0 Å². The fourth-order valence-electron chi connectivity index (χ4n) is 0.745. The lowest BCUT2D eigenvalue weighted by atomic mass is 10.2. The van der Waals surface area contributed by atoms with Gasteiger partial charge in [0.15, 0.2) is 0 Å². The van der Waals surface area contributed by atoms with Crippen molar-refractivity contribution in [2.24, 2.45) is 0 Å². The van der Waals surface area contributed by atoms with Gasteiger partial charge in [0.05, 0.1) is 6.61 Å². The predicted octanol–water partition coefficient (Wildman–Crippen LogP) is 0.0521. The Hall–Kier alpha value is -0.610. The van der Waals surface area contributed by atoms with Gasteiger partial charge in [0.25, 0.3) is 0 Å². The van der Waals surface area contributed by atoms with Crippen LogP contribution < -0.4 is 10.9 Å². The van der Waals surface area contributed by atoms with Crippen LogP contribution in [0.3, 0.4) is 0 Å². The van der Waals surface area contributed by atoms with Gasteiger partial charge in [-0.1, -0.05) is 6.92 Å². The van der Waals surface area contributed by atoms with Crippen LogP contribution in [0.25, 0.3) is 0 Å². The number of hydrogen-bond donors (Lipinski definition) is 2. The van der Waals surface area contributed by atoms with E-state index in [2.05, 4.69) is 10.9 Å². The molecule has 0 saturated carbocycles. The van der Waals surface area contributed by atoms with Crippen molar-refractivity contribution in [1.29, 1.82) is 0 Å². The maximum atomic E-state index is 11.0. The van der Waals surface area contributed by atoms with E-state index >= 15 is 0 Å². The standard InChI is InChI=1S/C7H16N2O2/c1-4-6(9-8-3)7(10)11-5-2/h6,8-9H,4-5H2,1-3H3. The Kier molecular flexibility index (Phi) is 5.78. The van der Waals surface area contributed by atoms with Crippen LogP contribution in [-0.2, 0) is 9.53 Å². The second-order valence-corrected chi connectivity index (χ2v) is 2.11. The zero-order chi connectivity index (χ0) is 8.69. The third kappa shape index (κ3) is 3.95. The number of carbonyl (C=O) groups excluding carboxylic acids is 1. The van der Waals surface area contributed by atoms with Crippen LogP contribution in [-0.4, -0.2) is 25.7 Å². The van der Waals surface area contributed by atoms with Crippen molar-refractivity contribution in [3.05, 3.63) is 0 Å². The van der Waals surface area contributed by atoms with E-state index in [9.17, 15) is 4.79 Å². The van der Waals surface area contributed by atoms with Crippen LogP contribution in [0, 0.1) is 0 Å². The average molecular weight is 160 g/mol. The Morgan fingerprint density at radius 3 is 2.55 bits per heavy atom. The first-order chi connectivity index (χ1) is 5.26. The topological polar surface area (TPSA) is 50.4 Å². The monoisotopic (exact) mass is 160 g/mol. The number of hydrazine groups is 1. The zero-order valence-electron chi connectivity index (χ0n) is 7.31. The summed E-state index contributed by atoms with van der Waals surface area (Å²) < 4.78 is 4.81. The SMILES string of the molecule is CCOC(=O)C(CC)NNC. The van der Waals surface area contributed by atoms with Crippen LogP contribution >= 0.6 is 0 Å². The van der Waals surface area contributed by atoms with Gasteiger partial charge in [-0.05, 0) is 20.4 Å². The number of hydrogen-bond acceptors (Lipinski definition) is 4. The molecule has 0 fully saturated rings. The molecular formula is C7H16N2O2. The van der Waals surface area contributed by atoms with Crippen LogP contribution in [0.2, 0.25) is 0 Å². The van der Waals surface area contributed by atoms with Crippen molar-refractivity contribution in [2.75, 3.05) is 13.7 Å². The smallest absolute Gasteiger partial charge is 0.324 e. The molecule has 0 radical (unpaired) electrons. The maximum Gasteiger partial charge on any atom is 0.324 e. The van der Waals surface area contributed by atoms with E-state index in [-0.39, 0.29) is 12.0 Å². The lowest BCUT2D eigenvalue weighted by Gasteiger charge is -2.13. The highest BCUT2D eigenvalue weighted by molar-refractivity contribution is 5.75. The van der Waals surface area contributed by atoms with Crippen molar-refractivity contribution < 1.29 is 9.53 Å². The van der Waals surface area contributed by atoms with Gasteiger partial charge in [0.2, 0.25) is 0 Å². The molecule has 1 unspecified atom stereocenters. The fourth-order valence-corrected chi connectivity index (χ4v) is 0.745. The predicted molar refractivity (Wildman–Crippen MR) is 42.9 cm³/mol. The molecule has 0 aromatic carbocycles. The summed E-state index contributed by atoms with van der Waals surface area (Å²) in [5.41, 5.74) is 5.50. The lowest BCUT2D eigenvalue weighted by Crippen LogP contribution is -2.44. The Morgan fingerprint density at radius 2 is 2.18 bits per heavy atom. The summed E-state index contributed by atoms with van der Waals surface area (Å²) in [5, 5.41) is 0. The number of ether oxygens (including phenoxy) is 1. The molecule has 0 aliphatic rings. The summed E-state index contributed by atoms with van der Waals surface area (Å²) >= 11 is 0. The normalized spacial score (nSPS) is 12.6. The molecule has 0 aliphatic carbocycles. The third-order valence-corrected chi connectivity index (χ3v) is 1.30. The molecule has 4 heteroatoms. The van der Waals surface area contributed by atoms with Gasteiger partial charge < -0.3 is 4.74 Å². The van der Waals surface area contributed by atoms with Crippen molar-refractivity contribution >= 4 is 5.97 Å². The molecular weight excluding hydrogens is 144 g/mol. The van der Waals surface area contributed by atoms with Crippen LogP contribution in [0.1, 0.15) is 20.3 Å². The fraction of sp³-hybridized carbons (Fsp3) is 0.857. The molecule has 0 spiro atoms. The van der Waals surface area contributed by atoms with E-state index in [1.165, 1.54) is 0 Å². The largest absolute Gasteiger partial charge is 0.465 e. The average Bonchev–Trinajstić information content (AvgIpc) is 2.00. The highest BCUT2D eigenvalue weighted by atomic mass is 16.5. The van der Waals surface area contributed by atoms with Gasteiger partial charge in [-0.15, -0.1) is 0 Å². The summed E-state index contributed by atoms with van der Waals surface area (Å²) in [6, 6.07) is -0.236. The Morgan fingerprint density at radius 1 is 1.55 bits per heavy atom. The molecule has 0 amide bonds. The summed E-state index contributed by atoms with van der Waals surface area (Å²) in [7, 11) is 1.72. The Bertz CT molecular complexity index is 117. The summed E-state index contributed by atoms with van der Waals surface area (Å²) in [6.07, 6.45) is 0.722. The number of rotatable bonds is 5. The minimum absolute atomic E-state index is 0.204. The van der Waals surface area contributed by atoms with E-state index in [1.807, 2.05) is 6.92 Å². The minimum atomic E-state index is -0.236. The second-order valence-electron chi connectivity index (χ2n) is 2.11. The first-order valence-corrected chi connectivity index (χ1v) is 3.85. The molecule has 0 heterocycles. The number of nitrogens with one attached hydrogen (secondary N) is 2. The van der Waals surface area contributed by atoms with E-state index in [1.54, 1.807) is 14.0 Å². The molecule has 0 aromatic rings. The first kappa shape index (κ1) is 10.4. The highest BCUT2D eigenvalue weighted by Crippen LogP contribution is 1.92. The Balaban J connectivity index is 3.71. The molecule has 0 bridgehead atoms. The maximum absolute atomic E-state index is 11.0. The number of esters is 1. The lowest BCUT2D eigenvalue weighted by molar-refractivity contribution is -0.146. The van der Waals surface area contributed by atoms with Gasteiger partial charge in [-0.25, -0.2) is 5.43 Å².